The van der Waals surface area contributed by atoms with Crippen LogP contribution in [0, 0.1) is 25.2 Å². The Labute approximate surface area is 172 Å². The van der Waals surface area contributed by atoms with Crippen LogP contribution in [-0.2, 0) is 10.9 Å². The van der Waals surface area contributed by atoms with Gasteiger partial charge >= 0.3 is 6.18 Å². The van der Waals surface area contributed by atoms with Gasteiger partial charge in [0.05, 0.1) is 35.4 Å². The van der Waals surface area contributed by atoms with E-state index in [0.29, 0.717) is 42.4 Å². The van der Waals surface area contributed by atoms with Crippen LogP contribution in [0.4, 0.5) is 18.9 Å². The smallest absolute Gasteiger partial charge is 0.417 e. The normalized spacial score (nSPS) is 17.2. The van der Waals surface area contributed by atoms with E-state index in [4.69, 9.17) is 14.4 Å². The lowest BCUT2D eigenvalue weighted by Crippen LogP contribution is -2.57. The number of aryl methyl sites for hydroxylation is 2. The Hall–Kier alpha value is -2.99. The first kappa shape index (κ1) is 21.7. The van der Waals surface area contributed by atoms with Gasteiger partial charge in [-0.05, 0) is 38.1 Å². The molecule has 0 spiro atoms. The first-order chi connectivity index (χ1) is 14.2. The van der Waals surface area contributed by atoms with Crippen LogP contribution in [0.15, 0.2) is 28.7 Å². The van der Waals surface area contributed by atoms with Gasteiger partial charge in [0.2, 0.25) is 0 Å². The van der Waals surface area contributed by atoms with E-state index in [0.717, 1.165) is 6.07 Å². The number of carbonyl (C=O) groups is 1. The average Bonchev–Trinajstić information content (AvgIpc) is 3.04. The molecule has 0 radical (unpaired) electrons. The summed E-state index contributed by atoms with van der Waals surface area (Å²) in [7, 11) is 1.51. The van der Waals surface area contributed by atoms with Gasteiger partial charge in [-0.1, -0.05) is 0 Å². The summed E-state index contributed by atoms with van der Waals surface area (Å²) < 4.78 is 50.7. The number of benzene rings is 1. The van der Waals surface area contributed by atoms with Gasteiger partial charge in [-0.25, -0.2) is 0 Å². The summed E-state index contributed by atoms with van der Waals surface area (Å²) in [5.41, 5.74) is -0.558. The van der Waals surface area contributed by atoms with Crippen molar-refractivity contribution in [3.63, 3.8) is 0 Å². The predicted molar refractivity (Wildman–Crippen MR) is 103 cm³/mol. The lowest BCUT2D eigenvalue weighted by Gasteiger charge is -2.42. The molecule has 6 nitrogen and oxygen atoms in total. The number of nitrogens with zero attached hydrogens (tertiary/aromatic N) is 3. The summed E-state index contributed by atoms with van der Waals surface area (Å²) in [6, 6.07) is 6.59. The molecule has 1 aliphatic heterocycles. The third kappa shape index (κ3) is 4.28. The third-order valence-electron chi connectivity index (χ3n) is 5.17. The minimum Gasteiger partial charge on any atom is -0.466 e. The van der Waals surface area contributed by atoms with Crippen molar-refractivity contribution >= 4 is 11.6 Å². The van der Waals surface area contributed by atoms with E-state index in [9.17, 15) is 18.0 Å². The Morgan fingerprint density at radius 2 is 2.03 bits per heavy atom. The maximum Gasteiger partial charge on any atom is 0.417 e. The molecule has 1 atom stereocenters. The second-order valence-corrected chi connectivity index (χ2v) is 7.22. The molecule has 2 aromatic rings. The lowest BCUT2D eigenvalue weighted by molar-refractivity contribution is -0.137. The van der Waals surface area contributed by atoms with Gasteiger partial charge in [-0.15, -0.1) is 0 Å². The van der Waals surface area contributed by atoms with Crippen LogP contribution >= 0.6 is 0 Å². The van der Waals surface area contributed by atoms with Gasteiger partial charge in [-0.2, -0.15) is 18.4 Å². The minimum atomic E-state index is -4.62. The third-order valence-corrected chi connectivity index (χ3v) is 5.17. The first-order valence-corrected chi connectivity index (χ1v) is 9.39. The summed E-state index contributed by atoms with van der Waals surface area (Å²) in [5, 5.41) is 8.99. The standard InChI is InChI=1S/C21H22F3N3O3/c1-13-8-18(14(2)30-13)20(28)27-7-6-26(11-17(27)12-29-3)16-5-4-15(10-25)19(9-16)21(22,23)24/h4-5,8-9,17H,6-7,11-12H2,1-3H3. The SMILES string of the molecule is COCC1CN(c2ccc(C#N)c(C(F)(F)F)c2)CCN1C(=O)c1cc(C)oc1C. The van der Waals surface area contributed by atoms with Crippen molar-refractivity contribution in [3.05, 3.63) is 52.5 Å². The lowest BCUT2D eigenvalue weighted by atomic mass is 10.0. The van der Waals surface area contributed by atoms with E-state index in [2.05, 4.69) is 0 Å². The molecule has 1 aromatic heterocycles. The molecule has 1 unspecified atom stereocenters. The van der Waals surface area contributed by atoms with Crippen molar-refractivity contribution in [2.45, 2.75) is 26.1 Å². The van der Waals surface area contributed by atoms with E-state index >= 15 is 0 Å². The number of nitriles is 1. The van der Waals surface area contributed by atoms with E-state index in [1.54, 1.807) is 35.8 Å². The molecule has 1 aliphatic rings. The highest BCUT2D eigenvalue weighted by atomic mass is 19.4. The van der Waals surface area contributed by atoms with Crippen molar-refractivity contribution in [2.24, 2.45) is 0 Å². The number of amides is 1. The van der Waals surface area contributed by atoms with Crippen LogP contribution in [0.3, 0.4) is 0 Å². The molecule has 0 N–H and O–H groups in total. The average molecular weight is 421 g/mol. The number of methoxy groups -OCH3 is 1. The molecule has 0 aliphatic carbocycles. The van der Waals surface area contributed by atoms with Crippen LogP contribution in [0.1, 0.15) is 33.0 Å². The number of anilines is 1. The molecule has 1 amide bonds. The van der Waals surface area contributed by atoms with Crippen LogP contribution in [-0.4, -0.2) is 50.2 Å². The number of rotatable bonds is 4. The summed E-state index contributed by atoms with van der Waals surface area (Å²) in [4.78, 5) is 16.5. The highest BCUT2D eigenvalue weighted by molar-refractivity contribution is 5.95. The van der Waals surface area contributed by atoms with Crippen LogP contribution in [0.2, 0.25) is 0 Å². The number of ether oxygens (including phenoxy) is 1. The molecule has 0 saturated carbocycles. The van der Waals surface area contributed by atoms with Gasteiger partial charge in [0.1, 0.15) is 11.5 Å². The molecule has 30 heavy (non-hydrogen) atoms. The van der Waals surface area contributed by atoms with Crippen molar-refractivity contribution in [1.82, 2.24) is 4.90 Å². The highest BCUT2D eigenvalue weighted by Crippen LogP contribution is 2.35. The fraction of sp³-hybridized carbons (Fsp3) is 0.429. The summed E-state index contributed by atoms with van der Waals surface area (Å²) in [6.07, 6.45) is -4.62. The number of alkyl halides is 3. The molecular weight excluding hydrogens is 399 g/mol. The minimum absolute atomic E-state index is 0.193. The van der Waals surface area contributed by atoms with Crippen molar-refractivity contribution in [2.75, 3.05) is 38.3 Å². The van der Waals surface area contributed by atoms with Gasteiger partial charge in [-0.3, -0.25) is 4.79 Å². The Morgan fingerprint density at radius 3 is 2.60 bits per heavy atom. The fourth-order valence-electron chi connectivity index (χ4n) is 3.75. The number of hydrogen-bond donors (Lipinski definition) is 0. The highest BCUT2D eigenvalue weighted by Gasteiger charge is 2.36. The van der Waals surface area contributed by atoms with Crippen molar-refractivity contribution in [3.8, 4) is 6.07 Å². The number of carbonyl (C=O) groups excluding carboxylic acids is 1. The predicted octanol–water partition coefficient (Wildman–Crippen LogP) is 3.76. The van der Waals surface area contributed by atoms with Crippen LogP contribution in [0.5, 0.6) is 0 Å². The molecule has 9 heteroatoms. The van der Waals surface area contributed by atoms with Crippen LogP contribution in [0.25, 0.3) is 0 Å². The zero-order chi connectivity index (χ0) is 22.1. The summed E-state index contributed by atoms with van der Waals surface area (Å²) in [5.74, 6) is 0.968. The van der Waals surface area contributed by atoms with Gasteiger partial charge in [0, 0.05) is 32.4 Å². The topological polar surface area (TPSA) is 69.7 Å². The van der Waals surface area contributed by atoms with Gasteiger partial charge in [0.15, 0.2) is 0 Å². The Morgan fingerprint density at radius 1 is 1.30 bits per heavy atom. The van der Waals surface area contributed by atoms with E-state index in [1.165, 1.54) is 19.2 Å². The zero-order valence-corrected chi connectivity index (χ0v) is 16.9. The van der Waals surface area contributed by atoms with Crippen molar-refractivity contribution in [1.29, 1.82) is 5.26 Å². The number of furan rings is 1. The Bertz CT molecular complexity index is 978. The molecule has 0 bridgehead atoms. The summed E-state index contributed by atoms with van der Waals surface area (Å²) in [6.45, 7) is 4.69. The number of halogens is 3. The van der Waals surface area contributed by atoms with Gasteiger partial charge < -0.3 is 19.0 Å². The molecule has 1 fully saturated rings. The largest absolute Gasteiger partial charge is 0.466 e. The van der Waals surface area contributed by atoms with Crippen molar-refractivity contribution < 1.29 is 27.1 Å². The molecule has 2 heterocycles. The Balaban J connectivity index is 1.86. The monoisotopic (exact) mass is 421 g/mol. The zero-order valence-electron chi connectivity index (χ0n) is 16.9. The second kappa shape index (κ2) is 8.40. The first-order valence-electron chi connectivity index (χ1n) is 9.39. The molecule has 1 saturated heterocycles. The quantitative estimate of drug-likeness (QED) is 0.752. The van der Waals surface area contributed by atoms with E-state index in [-0.39, 0.29) is 18.6 Å². The maximum absolute atomic E-state index is 13.3. The number of hydrogen-bond acceptors (Lipinski definition) is 5. The molecular formula is C21H22F3N3O3. The van der Waals surface area contributed by atoms with E-state index in [1.807, 2.05) is 0 Å². The molecule has 3 rings (SSSR count). The maximum atomic E-state index is 13.3. The summed E-state index contributed by atoms with van der Waals surface area (Å²) >= 11 is 0. The molecule has 160 valence electrons. The Kier molecular flexibility index (Phi) is 6.08. The fourth-order valence-corrected chi connectivity index (χ4v) is 3.75. The van der Waals surface area contributed by atoms with E-state index < -0.39 is 17.3 Å². The van der Waals surface area contributed by atoms with Crippen LogP contribution < -0.4 is 4.90 Å². The van der Waals surface area contributed by atoms with Gasteiger partial charge in [0.25, 0.3) is 5.91 Å². The molecule has 1 aromatic carbocycles. The second-order valence-electron chi connectivity index (χ2n) is 7.22. The number of piperazine rings is 1.